The van der Waals surface area contributed by atoms with Gasteiger partial charge in [-0.3, -0.25) is 4.79 Å². The molecule has 0 aromatic carbocycles. The van der Waals surface area contributed by atoms with Crippen molar-refractivity contribution >= 4 is 11.9 Å². The van der Waals surface area contributed by atoms with Gasteiger partial charge >= 0.3 is 6.03 Å². The van der Waals surface area contributed by atoms with E-state index in [1.165, 1.54) is 32.2 Å². The van der Waals surface area contributed by atoms with Crippen molar-refractivity contribution in [2.75, 3.05) is 39.3 Å². The van der Waals surface area contributed by atoms with Crippen LogP contribution in [0.15, 0.2) is 22.8 Å². The highest BCUT2D eigenvalue weighted by atomic mass is 16.3. The number of furan rings is 1. The minimum absolute atomic E-state index is 0.200. The Morgan fingerprint density at radius 1 is 1.17 bits per heavy atom. The van der Waals surface area contributed by atoms with Crippen molar-refractivity contribution in [1.29, 1.82) is 0 Å². The molecular formula is C17H28N4O3. The Morgan fingerprint density at radius 3 is 2.58 bits per heavy atom. The van der Waals surface area contributed by atoms with Crippen LogP contribution in [0.4, 0.5) is 4.79 Å². The topological polar surface area (TPSA) is 86.6 Å². The van der Waals surface area contributed by atoms with Gasteiger partial charge in [-0.25, -0.2) is 4.79 Å². The number of nitrogens with zero attached hydrogens (tertiary/aromatic N) is 1. The van der Waals surface area contributed by atoms with Crippen LogP contribution in [0.2, 0.25) is 0 Å². The van der Waals surface area contributed by atoms with Gasteiger partial charge < -0.3 is 25.3 Å². The Balaban J connectivity index is 1.44. The number of rotatable bonds is 8. The van der Waals surface area contributed by atoms with Crippen molar-refractivity contribution in [3.05, 3.63) is 24.2 Å². The fourth-order valence-corrected chi connectivity index (χ4v) is 2.70. The van der Waals surface area contributed by atoms with E-state index in [4.69, 9.17) is 4.42 Å². The fraction of sp³-hybridized carbons (Fsp3) is 0.647. The molecule has 1 fully saturated rings. The molecule has 0 saturated carbocycles. The average Bonchev–Trinajstić information content (AvgIpc) is 3.12. The van der Waals surface area contributed by atoms with Crippen molar-refractivity contribution in [2.45, 2.75) is 26.2 Å². The van der Waals surface area contributed by atoms with Crippen molar-refractivity contribution in [3.63, 3.8) is 0 Å². The molecule has 1 aromatic rings. The molecule has 1 aliphatic rings. The lowest BCUT2D eigenvalue weighted by molar-refractivity contribution is 0.0926. The van der Waals surface area contributed by atoms with Crippen LogP contribution in [0.3, 0.4) is 0 Å². The molecule has 0 spiro atoms. The first kappa shape index (κ1) is 18.3. The van der Waals surface area contributed by atoms with Crippen LogP contribution in [-0.2, 0) is 0 Å². The summed E-state index contributed by atoms with van der Waals surface area (Å²) in [5.41, 5.74) is 0. The van der Waals surface area contributed by atoms with E-state index < -0.39 is 0 Å². The molecule has 0 aliphatic carbocycles. The molecule has 0 unspecified atom stereocenters. The largest absolute Gasteiger partial charge is 0.459 e. The Morgan fingerprint density at radius 2 is 1.88 bits per heavy atom. The lowest BCUT2D eigenvalue weighted by Crippen LogP contribution is -2.41. The summed E-state index contributed by atoms with van der Waals surface area (Å²) in [6.45, 7) is 7.08. The minimum atomic E-state index is -0.280. The first-order valence-corrected chi connectivity index (χ1v) is 8.71. The second-order valence-corrected chi connectivity index (χ2v) is 6.29. The predicted molar refractivity (Wildman–Crippen MR) is 91.9 cm³/mol. The Kier molecular flexibility index (Phi) is 7.61. The average molecular weight is 336 g/mol. The zero-order valence-corrected chi connectivity index (χ0v) is 14.3. The third-order valence-corrected chi connectivity index (χ3v) is 4.25. The summed E-state index contributed by atoms with van der Waals surface area (Å²) in [4.78, 5) is 25.7. The molecule has 3 amide bonds. The number of hydrogen-bond acceptors (Lipinski definition) is 4. The van der Waals surface area contributed by atoms with Crippen molar-refractivity contribution in [2.24, 2.45) is 5.92 Å². The second-order valence-electron chi connectivity index (χ2n) is 6.29. The molecule has 7 heteroatoms. The number of amides is 3. The van der Waals surface area contributed by atoms with Crippen LogP contribution < -0.4 is 16.0 Å². The summed E-state index contributed by atoms with van der Waals surface area (Å²) in [7, 11) is 0. The van der Waals surface area contributed by atoms with E-state index in [1.54, 1.807) is 12.1 Å². The van der Waals surface area contributed by atoms with E-state index in [0.29, 0.717) is 19.6 Å². The molecule has 3 N–H and O–H groups in total. The molecular weight excluding hydrogens is 308 g/mol. The smallest absolute Gasteiger partial charge is 0.314 e. The number of urea groups is 1. The molecule has 0 radical (unpaired) electrons. The lowest BCUT2D eigenvalue weighted by atomic mass is 9.99. The van der Waals surface area contributed by atoms with E-state index in [2.05, 4.69) is 27.8 Å². The van der Waals surface area contributed by atoms with Crippen LogP contribution in [0.25, 0.3) is 0 Å². The molecule has 24 heavy (non-hydrogen) atoms. The van der Waals surface area contributed by atoms with E-state index in [1.807, 2.05) is 0 Å². The number of nitrogens with one attached hydrogen (secondary N) is 3. The van der Waals surface area contributed by atoms with Crippen molar-refractivity contribution < 1.29 is 14.0 Å². The van der Waals surface area contributed by atoms with Gasteiger partial charge in [0, 0.05) is 19.6 Å². The Bertz CT molecular complexity index is 496. The van der Waals surface area contributed by atoms with Crippen LogP contribution in [0.1, 0.15) is 36.7 Å². The summed E-state index contributed by atoms with van der Waals surface area (Å²) in [5.74, 6) is 0.836. The van der Waals surface area contributed by atoms with E-state index in [9.17, 15) is 9.59 Å². The van der Waals surface area contributed by atoms with Gasteiger partial charge in [0.2, 0.25) is 0 Å². The van der Waals surface area contributed by atoms with E-state index in [-0.39, 0.29) is 17.7 Å². The van der Waals surface area contributed by atoms with Crippen LogP contribution in [0.5, 0.6) is 0 Å². The molecule has 2 rings (SSSR count). The molecule has 0 bridgehead atoms. The van der Waals surface area contributed by atoms with Crippen LogP contribution in [0, 0.1) is 5.92 Å². The zero-order chi connectivity index (χ0) is 17.2. The van der Waals surface area contributed by atoms with Gasteiger partial charge in [0.15, 0.2) is 5.76 Å². The van der Waals surface area contributed by atoms with E-state index >= 15 is 0 Å². The maximum absolute atomic E-state index is 11.6. The molecule has 1 aliphatic heterocycles. The van der Waals surface area contributed by atoms with Gasteiger partial charge in [0.25, 0.3) is 5.91 Å². The quantitative estimate of drug-likeness (QED) is 0.627. The summed E-state index contributed by atoms with van der Waals surface area (Å²) in [5, 5.41) is 8.23. The van der Waals surface area contributed by atoms with Crippen LogP contribution in [-0.4, -0.2) is 56.1 Å². The highest BCUT2D eigenvalue weighted by Gasteiger charge is 2.14. The number of carbonyl (C=O) groups excluding carboxylic acids is 2. The van der Waals surface area contributed by atoms with Gasteiger partial charge in [-0.15, -0.1) is 0 Å². The molecule has 1 aromatic heterocycles. The zero-order valence-electron chi connectivity index (χ0n) is 14.3. The first-order chi connectivity index (χ1) is 11.6. The monoisotopic (exact) mass is 336 g/mol. The van der Waals surface area contributed by atoms with Gasteiger partial charge in [-0.05, 0) is 56.9 Å². The number of carbonyl (C=O) groups is 2. The SMILES string of the molecule is CC1CCN(CCCNC(=O)NCCNC(=O)c2ccco2)CC1. The number of piperidine rings is 1. The second kappa shape index (κ2) is 9.97. The highest BCUT2D eigenvalue weighted by Crippen LogP contribution is 2.15. The normalized spacial score (nSPS) is 15.9. The Labute approximate surface area is 143 Å². The van der Waals surface area contributed by atoms with Crippen molar-refractivity contribution in [1.82, 2.24) is 20.9 Å². The molecule has 2 heterocycles. The number of hydrogen-bond donors (Lipinski definition) is 3. The first-order valence-electron chi connectivity index (χ1n) is 8.71. The van der Waals surface area contributed by atoms with E-state index in [0.717, 1.165) is 18.9 Å². The standard InChI is InChI=1S/C17H28N4O3/c1-14-5-11-21(12-6-14)10-3-7-19-17(23)20-9-8-18-16(22)15-4-2-13-24-15/h2,4,13-14H,3,5-12H2,1H3,(H,18,22)(H2,19,20,23). The third kappa shape index (κ3) is 6.62. The van der Waals surface area contributed by atoms with Gasteiger partial charge in [-0.2, -0.15) is 0 Å². The molecule has 1 saturated heterocycles. The maximum Gasteiger partial charge on any atom is 0.314 e. The van der Waals surface area contributed by atoms with Crippen LogP contribution >= 0.6 is 0 Å². The predicted octanol–water partition coefficient (Wildman–Crippen LogP) is 1.43. The highest BCUT2D eigenvalue weighted by molar-refractivity contribution is 5.91. The van der Waals surface area contributed by atoms with Gasteiger partial charge in [-0.1, -0.05) is 6.92 Å². The fourth-order valence-electron chi connectivity index (χ4n) is 2.70. The molecule has 0 atom stereocenters. The molecule has 134 valence electrons. The lowest BCUT2D eigenvalue weighted by Gasteiger charge is -2.30. The molecule has 7 nitrogen and oxygen atoms in total. The van der Waals surface area contributed by atoms with Crippen molar-refractivity contribution in [3.8, 4) is 0 Å². The van der Waals surface area contributed by atoms with Gasteiger partial charge in [0.1, 0.15) is 0 Å². The summed E-state index contributed by atoms with van der Waals surface area (Å²) in [6.07, 6.45) is 4.96. The maximum atomic E-state index is 11.6. The summed E-state index contributed by atoms with van der Waals surface area (Å²) >= 11 is 0. The van der Waals surface area contributed by atoms with Gasteiger partial charge in [0.05, 0.1) is 6.26 Å². The minimum Gasteiger partial charge on any atom is -0.459 e. The number of likely N-dealkylation sites (tertiary alicyclic amines) is 1. The summed E-state index contributed by atoms with van der Waals surface area (Å²) < 4.78 is 4.98. The Hall–Kier alpha value is -2.02. The summed E-state index contributed by atoms with van der Waals surface area (Å²) in [6, 6.07) is 3.05. The third-order valence-electron chi connectivity index (χ3n) is 4.25.